The number of amides is 4. The van der Waals surface area contributed by atoms with Gasteiger partial charge < -0.3 is 29.7 Å². The lowest BCUT2D eigenvalue weighted by atomic mass is 9.88. The summed E-state index contributed by atoms with van der Waals surface area (Å²) < 4.78 is 83.8. The van der Waals surface area contributed by atoms with Gasteiger partial charge in [0.25, 0.3) is 5.91 Å². The van der Waals surface area contributed by atoms with Crippen LogP contribution in [0.2, 0.25) is 0 Å². The lowest BCUT2D eigenvalue weighted by molar-refractivity contribution is -0.244. The first-order valence-electron chi connectivity index (χ1n) is 18.3. The number of hydrogen-bond donors (Lipinski definition) is 3. The van der Waals surface area contributed by atoms with Crippen molar-refractivity contribution in [3.05, 3.63) is 42.0 Å². The number of allylic oxidation sites excluding steroid dienone is 1. The Morgan fingerprint density at radius 1 is 1.04 bits per heavy atom. The van der Waals surface area contributed by atoms with Crippen molar-refractivity contribution < 1.29 is 59.8 Å². The summed E-state index contributed by atoms with van der Waals surface area (Å²) >= 11 is 0. The smallest absolute Gasteiger partial charge is 0.427 e. The molecule has 5 rings (SSSR count). The Morgan fingerprint density at radius 2 is 1.69 bits per heavy atom. The van der Waals surface area contributed by atoms with E-state index in [0.29, 0.717) is 51.7 Å². The zero-order valence-corrected chi connectivity index (χ0v) is 32.5. The Labute approximate surface area is 318 Å². The van der Waals surface area contributed by atoms with Gasteiger partial charge in [0.2, 0.25) is 27.4 Å². The molecule has 1 unspecified atom stereocenters. The van der Waals surface area contributed by atoms with Crippen molar-refractivity contribution in [2.24, 2.45) is 17.8 Å². The number of carbonyl (C=O) groups is 5. The Kier molecular flexibility index (Phi) is 11.6. The first-order valence-corrected chi connectivity index (χ1v) is 19.8. The van der Waals surface area contributed by atoms with Crippen LogP contribution in [0, 0.1) is 17.8 Å². The normalized spacial score (nSPS) is 30.2. The minimum Gasteiger partial charge on any atom is -0.497 e. The van der Waals surface area contributed by atoms with Crippen molar-refractivity contribution in [3.8, 4) is 5.75 Å². The molecule has 2 heterocycles. The average molecular weight is 799 g/mol. The number of hydrogen-bond acceptors (Lipinski definition) is 10. The number of carbonyl (C=O) groups excluding carboxylic acids is 5. The van der Waals surface area contributed by atoms with Gasteiger partial charge in [-0.1, -0.05) is 26.0 Å². The number of ether oxygens (including phenoxy) is 3. The van der Waals surface area contributed by atoms with E-state index in [2.05, 4.69) is 15.4 Å². The van der Waals surface area contributed by atoms with E-state index in [1.54, 1.807) is 25.1 Å². The van der Waals surface area contributed by atoms with E-state index in [-0.39, 0.29) is 30.9 Å². The van der Waals surface area contributed by atoms with E-state index in [1.165, 1.54) is 26.2 Å². The number of esters is 1. The maximum atomic E-state index is 14.5. The maximum absolute atomic E-state index is 14.5. The molecule has 2 aliphatic carbocycles. The van der Waals surface area contributed by atoms with Crippen LogP contribution in [0.25, 0.3) is 0 Å². The van der Waals surface area contributed by atoms with E-state index in [0.717, 1.165) is 4.90 Å². The number of alkyl carbamates (subject to hydrolysis) is 1. The molecule has 4 aliphatic rings. The number of nitrogens with zero attached hydrogens (tertiary/aromatic N) is 1. The average Bonchev–Trinajstić information content (AvgIpc) is 3.98. The summed E-state index contributed by atoms with van der Waals surface area (Å²) in [5.41, 5.74) is -4.44. The van der Waals surface area contributed by atoms with Crippen molar-refractivity contribution in [3.63, 3.8) is 0 Å². The van der Waals surface area contributed by atoms with E-state index < -0.39 is 91.9 Å². The van der Waals surface area contributed by atoms with Gasteiger partial charge in [0.15, 0.2) is 0 Å². The van der Waals surface area contributed by atoms with E-state index >= 15 is 0 Å². The van der Waals surface area contributed by atoms with Gasteiger partial charge in [-0.2, -0.15) is 13.2 Å². The summed E-state index contributed by atoms with van der Waals surface area (Å²) in [4.78, 5) is 69.9. The third kappa shape index (κ3) is 9.04. The van der Waals surface area contributed by atoms with E-state index in [9.17, 15) is 45.6 Å². The molecule has 1 aromatic carbocycles. The molecular weight excluding hydrogens is 749 g/mol. The number of fused-ring (bicyclic) bond motifs is 2. The third-order valence-corrected chi connectivity index (χ3v) is 13.3. The topological polar surface area (TPSA) is 187 Å². The van der Waals surface area contributed by atoms with Crippen molar-refractivity contribution in [1.29, 1.82) is 0 Å². The molecule has 3 N–H and O–H groups in total. The van der Waals surface area contributed by atoms with Gasteiger partial charge in [-0.15, -0.1) is 0 Å². The number of rotatable bonds is 8. The fourth-order valence-corrected chi connectivity index (χ4v) is 8.30. The van der Waals surface area contributed by atoms with Crippen LogP contribution in [0.4, 0.5) is 18.0 Å². The third-order valence-electron chi connectivity index (χ3n) is 11.2. The van der Waals surface area contributed by atoms with E-state index in [4.69, 9.17) is 14.2 Å². The first-order chi connectivity index (χ1) is 25.5. The summed E-state index contributed by atoms with van der Waals surface area (Å²) in [7, 11) is -2.64. The standard InChI is InChI=1S/C37H49F3N4O10S/c1-21-9-7-8-10-24-19-36(24,32(48)43-55(50,51)35(5)15-16-35)42-29(45)27-18-26(53-31(47)23-11-13-25(52-6)14-12-23)20-44(27)30(46)28(22(2)17-21)41-33(49)54-34(3,4)37(38,39)40/h8,10-14,21-22,24,26-28H,7,9,15-20H2,1-6H3,(H,41,49)(H,42,45)(H,43,48)/b10-8-/t21-,22-,24?,26-,27+,28+,36-/m1/s1. The molecule has 2 saturated carbocycles. The molecule has 18 heteroatoms. The second-order valence-electron chi connectivity index (χ2n) is 16.0. The SMILES string of the molecule is COc1ccc(C(=O)O[C@@H]2C[C@H]3C(=O)N[C@]4(C(=O)NS(=O)(=O)C5(C)CC5)CC4/C=C\CC[C@@H](C)C[C@@H](C)[C@H](NC(=O)OC(C)(C)C(F)(F)F)C(=O)N3C2)cc1. The Bertz CT molecular complexity index is 1810. The highest BCUT2D eigenvalue weighted by Gasteiger charge is 2.63. The van der Waals surface area contributed by atoms with Crippen molar-refractivity contribution >= 4 is 39.8 Å². The maximum Gasteiger partial charge on any atom is 0.427 e. The largest absolute Gasteiger partial charge is 0.497 e. The minimum atomic E-state index is -4.93. The number of halogens is 3. The second kappa shape index (κ2) is 15.3. The number of benzene rings is 1. The van der Waals surface area contributed by atoms with Gasteiger partial charge in [-0.3, -0.25) is 19.1 Å². The molecule has 2 aliphatic heterocycles. The molecule has 0 spiro atoms. The highest BCUT2D eigenvalue weighted by molar-refractivity contribution is 7.91. The summed E-state index contributed by atoms with van der Waals surface area (Å²) in [6.45, 7) is 6.05. The minimum absolute atomic E-state index is 0.0615. The zero-order valence-electron chi connectivity index (χ0n) is 31.7. The molecule has 1 aromatic rings. The van der Waals surface area contributed by atoms with E-state index in [1.807, 2.05) is 13.0 Å². The predicted octanol–water partition coefficient (Wildman–Crippen LogP) is 4.14. The van der Waals surface area contributed by atoms with Gasteiger partial charge in [0.1, 0.15) is 29.5 Å². The summed E-state index contributed by atoms with van der Waals surface area (Å²) in [6.07, 6.45) is -1.94. The second-order valence-corrected chi connectivity index (χ2v) is 18.2. The molecule has 0 aromatic heterocycles. The highest BCUT2D eigenvalue weighted by Crippen LogP contribution is 2.47. The van der Waals surface area contributed by atoms with Crippen LogP contribution in [0.3, 0.4) is 0 Å². The van der Waals surface area contributed by atoms with Crippen LogP contribution in [-0.2, 0) is 33.9 Å². The van der Waals surface area contributed by atoms with Crippen molar-refractivity contribution in [1.82, 2.24) is 20.3 Å². The van der Waals surface area contributed by atoms with Crippen LogP contribution < -0.4 is 20.1 Å². The van der Waals surface area contributed by atoms with Gasteiger partial charge in [0, 0.05) is 12.3 Å². The highest BCUT2D eigenvalue weighted by atomic mass is 32.2. The number of alkyl halides is 3. The van der Waals surface area contributed by atoms with Gasteiger partial charge in [0.05, 0.1) is 24.0 Å². The predicted molar refractivity (Wildman–Crippen MR) is 191 cm³/mol. The zero-order chi connectivity index (χ0) is 40.7. The monoisotopic (exact) mass is 798 g/mol. The Morgan fingerprint density at radius 3 is 2.29 bits per heavy atom. The lowest BCUT2D eigenvalue weighted by Gasteiger charge is -2.34. The van der Waals surface area contributed by atoms with Crippen LogP contribution in [0.1, 0.15) is 89.9 Å². The van der Waals surface area contributed by atoms with Gasteiger partial charge in [-0.05, 0) is 95.4 Å². The number of nitrogens with one attached hydrogen (secondary N) is 3. The quantitative estimate of drug-likeness (QED) is 0.255. The summed E-state index contributed by atoms with van der Waals surface area (Å²) in [5, 5.41) is 5.03. The van der Waals surface area contributed by atoms with Crippen LogP contribution in [-0.4, -0.2) is 97.0 Å². The summed E-state index contributed by atoms with van der Waals surface area (Å²) in [6, 6.07) is 3.11. The molecule has 0 radical (unpaired) electrons. The molecule has 7 atom stereocenters. The van der Waals surface area contributed by atoms with Crippen molar-refractivity contribution in [2.45, 2.75) is 120 Å². The molecule has 3 fully saturated rings. The molecule has 4 amide bonds. The Balaban J connectivity index is 1.48. The molecule has 14 nitrogen and oxygen atoms in total. The molecular formula is C37H49F3N4O10S. The van der Waals surface area contributed by atoms with Crippen LogP contribution in [0.15, 0.2) is 36.4 Å². The first kappa shape index (κ1) is 41.8. The Hall–Kier alpha value is -4.35. The molecule has 0 bridgehead atoms. The molecule has 1 saturated heterocycles. The van der Waals surface area contributed by atoms with Gasteiger partial charge >= 0.3 is 18.2 Å². The fourth-order valence-electron chi connectivity index (χ4n) is 6.99. The summed E-state index contributed by atoms with van der Waals surface area (Å²) in [5.74, 6) is -4.25. The van der Waals surface area contributed by atoms with Gasteiger partial charge in [-0.25, -0.2) is 18.0 Å². The number of methoxy groups -OCH3 is 1. The fraction of sp³-hybridized carbons (Fsp3) is 0.649. The van der Waals surface area contributed by atoms with Crippen LogP contribution >= 0.6 is 0 Å². The number of sulfonamides is 1. The van der Waals surface area contributed by atoms with Crippen LogP contribution in [0.5, 0.6) is 5.75 Å². The molecule has 304 valence electrons. The molecule has 55 heavy (non-hydrogen) atoms. The lowest BCUT2D eigenvalue weighted by Crippen LogP contribution is -2.59. The van der Waals surface area contributed by atoms with Crippen molar-refractivity contribution in [2.75, 3.05) is 13.7 Å².